The Labute approximate surface area is 165 Å². The molecule has 0 bridgehead atoms. The van der Waals surface area contributed by atoms with Crippen LogP contribution in [0.3, 0.4) is 0 Å². The van der Waals surface area contributed by atoms with E-state index < -0.39 is 8.11 Å². The smallest absolute Gasteiger partial charge is 0.405 e. The normalized spacial score (nSPS) is 18.9. The van der Waals surface area contributed by atoms with Crippen LogP contribution in [0.5, 0.6) is 0 Å². The van der Waals surface area contributed by atoms with E-state index >= 15 is 0 Å². The van der Waals surface area contributed by atoms with E-state index in [1.807, 2.05) is 0 Å². The van der Waals surface area contributed by atoms with Crippen LogP contribution in [0.25, 0.3) is 0 Å². The monoisotopic (exact) mass is 381 g/mol. The molecule has 3 rings (SSSR count). The van der Waals surface area contributed by atoms with Gasteiger partial charge in [0, 0.05) is 0 Å². The van der Waals surface area contributed by atoms with Crippen LogP contribution in [-0.2, 0) is 9.31 Å². The van der Waals surface area contributed by atoms with E-state index in [0.29, 0.717) is 0 Å². The van der Waals surface area contributed by atoms with Gasteiger partial charge in [-0.1, -0.05) is 74.5 Å². The standard InChI is InChI=1S/C22H32BNO2Si/c1-7-24(8-2)27(19-15-11-9-12-16-19,20-17-13-10-14-18-20)23-25-21(3,4)22(5,6)26-23/h9-18H,7-8H2,1-6H3. The van der Waals surface area contributed by atoms with Crippen molar-refractivity contribution in [3.63, 3.8) is 0 Å². The molecule has 2 aromatic carbocycles. The van der Waals surface area contributed by atoms with Gasteiger partial charge >= 0.3 is 6.71 Å². The fourth-order valence-corrected chi connectivity index (χ4v) is 9.31. The van der Waals surface area contributed by atoms with Crippen molar-refractivity contribution < 1.29 is 9.31 Å². The lowest BCUT2D eigenvalue weighted by atomic mass is 9.90. The molecule has 5 heteroatoms. The van der Waals surface area contributed by atoms with Crippen molar-refractivity contribution in [1.82, 2.24) is 4.57 Å². The summed E-state index contributed by atoms with van der Waals surface area (Å²) in [5, 5.41) is 2.66. The topological polar surface area (TPSA) is 21.7 Å². The molecule has 0 spiro atoms. The molecule has 27 heavy (non-hydrogen) atoms. The molecule has 0 atom stereocenters. The minimum absolute atomic E-state index is 0.271. The SMILES string of the molecule is CCN(CC)[Si](B1OC(C)(C)C(C)(C)O1)(c1ccccc1)c1ccccc1. The van der Waals surface area contributed by atoms with Crippen LogP contribution in [0.4, 0.5) is 0 Å². The minimum Gasteiger partial charge on any atom is -0.405 e. The molecule has 1 fully saturated rings. The first-order valence-corrected chi connectivity index (χ1v) is 12.0. The van der Waals surface area contributed by atoms with Crippen molar-refractivity contribution in [3.05, 3.63) is 60.7 Å². The summed E-state index contributed by atoms with van der Waals surface area (Å²) in [6, 6.07) is 21.7. The van der Waals surface area contributed by atoms with Gasteiger partial charge in [-0.05, 0) is 51.2 Å². The van der Waals surface area contributed by atoms with E-state index in [4.69, 9.17) is 9.31 Å². The molecular weight excluding hydrogens is 349 g/mol. The second-order valence-electron chi connectivity index (χ2n) is 8.26. The third kappa shape index (κ3) is 3.31. The average molecular weight is 381 g/mol. The molecular formula is C22H32BNO2Si. The lowest BCUT2D eigenvalue weighted by Gasteiger charge is -2.43. The molecule has 0 N–H and O–H groups in total. The van der Waals surface area contributed by atoms with Crippen LogP contribution in [0.15, 0.2) is 60.7 Å². The Bertz CT molecular complexity index is 692. The predicted molar refractivity (Wildman–Crippen MR) is 117 cm³/mol. The van der Waals surface area contributed by atoms with E-state index in [0.717, 1.165) is 13.1 Å². The van der Waals surface area contributed by atoms with Crippen LogP contribution in [0.1, 0.15) is 41.5 Å². The highest BCUT2D eigenvalue weighted by Crippen LogP contribution is 2.39. The Morgan fingerprint density at radius 3 is 1.44 bits per heavy atom. The Morgan fingerprint density at radius 2 is 1.11 bits per heavy atom. The maximum Gasteiger partial charge on any atom is 0.464 e. The molecule has 1 aliphatic heterocycles. The highest BCUT2D eigenvalue weighted by molar-refractivity contribution is 7.39. The molecule has 0 saturated carbocycles. The van der Waals surface area contributed by atoms with Crippen molar-refractivity contribution in [2.45, 2.75) is 52.7 Å². The van der Waals surface area contributed by atoms with Crippen LogP contribution in [0, 0.1) is 0 Å². The summed E-state index contributed by atoms with van der Waals surface area (Å²) in [6.07, 6.45) is 0. The molecule has 0 aromatic heterocycles. The number of hydrogen-bond donors (Lipinski definition) is 0. The van der Waals surface area contributed by atoms with Crippen molar-refractivity contribution in [3.8, 4) is 0 Å². The van der Waals surface area contributed by atoms with Crippen LogP contribution < -0.4 is 10.4 Å². The lowest BCUT2D eigenvalue weighted by molar-refractivity contribution is 0.00578. The quantitative estimate of drug-likeness (QED) is 0.717. The largest absolute Gasteiger partial charge is 0.464 e. The summed E-state index contributed by atoms with van der Waals surface area (Å²) < 4.78 is 16.0. The molecule has 0 radical (unpaired) electrons. The zero-order valence-electron chi connectivity index (χ0n) is 17.5. The summed E-state index contributed by atoms with van der Waals surface area (Å²) in [7, 11) is -2.53. The molecule has 1 saturated heterocycles. The third-order valence-electron chi connectivity index (χ3n) is 6.28. The fourth-order valence-electron chi connectivity index (χ4n) is 4.07. The van der Waals surface area contributed by atoms with Crippen molar-refractivity contribution in [2.75, 3.05) is 13.1 Å². The zero-order chi connectivity index (χ0) is 19.7. The van der Waals surface area contributed by atoms with Crippen LogP contribution in [-0.4, -0.2) is 43.7 Å². The molecule has 2 aromatic rings. The lowest BCUT2D eigenvalue weighted by Crippen LogP contribution is -2.79. The van der Waals surface area contributed by atoms with Gasteiger partial charge in [0.15, 0.2) is 0 Å². The molecule has 0 amide bonds. The maximum atomic E-state index is 6.72. The molecule has 144 valence electrons. The van der Waals surface area contributed by atoms with Crippen LogP contribution in [0.2, 0.25) is 0 Å². The predicted octanol–water partition coefficient (Wildman–Crippen LogP) is 3.26. The van der Waals surface area contributed by atoms with Gasteiger partial charge in [-0.15, -0.1) is 0 Å². The molecule has 3 nitrogen and oxygen atoms in total. The Kier molecular flexibility index (Phi) is 5.69. The van der Waals surface area contributed by atoms with E-state index in [-0.39, 0.29) is 17.9 Å². The summed E-state index contributed by atoms with van der Waals surface area (Å²) >= 11 is 0. The van der Waals surface area contributed by atoms with Gasteiger partial charge in [0.2, 0.25) is 8.11 Å². The van der Waals surface area contributed by atoms with Gasteiger partial charge in [-0.2, -0.15) is 0 Å². The van der Waals surface area contributed by atoms with Crippen molar-refractivity contribution in [1.29, 1.82) is 0 Å². The number of nitrogens with zero attached hydrogens (tertiary/aromatic N) is 1. The molecule has 0 aliphatic carbocycles. The van der Waals surface area contributed by atoms with Gasteiger partial charge < -0.3 is 13.9 Å². The Hall–Kier alpha value is -1.40. The molecule has 0 unspecified atom stereocenters. The minimum atomic E-state index is -2.53. The first kappa shape index (κ1) is 20.3. The summed E-state index contributed by atoms with van der Waals surface area (Å²) in [6.45, 7) is 14.7. The van der Waals surface area contributed by atoms with Gasteiger partial charge in [0.25, 0.3) is 0 Å². The summed E-state index contributed by atoms with van der Waals surface area (Å²) in [5.74, 6) is 0. The fraction of sp³-hybridized carbons (Fsp3) is 0.455. The third-order valence-corrected chi connectivity index (χ3v) is 11.3. The first-order valence-electron chi connectivity index (χ1n) is 10.0. The van der Waals surface area contributed by atoms with E-state index in [2.05, 4.69) is 107 Å². The van der Waals surface area contributed by atoms with E-state index in [1.54, 1.807) is 0 Å². The van der Waals surface area contributed by atoms with Crippen molar-refractivity contribution in [2.24, 2.45) is 0 Å². The average Bonchev–Trinajstić information content (AvgIpc) is 2.88. The van der Waals surface area contributed by atoms with Gasteiger partial charge in [0.05, 0.1) is 11.2 Å². The number of rotatable bonds is 6. The van der Waals surface area contributed by atoms with Crippen molar-refractivity contribution >= 4 is 25.2 Å². The maximum absolute atomic E-state index is 6.72. The second-order valence-corrected chi connectivity index (χ2v) is 12.1. The van der Waals surface area contributed by atoms with Crippen LogP contribution >= 0.6 is 0 Å². The Balaban J connectivity index is 2.28. The van der Waals surface area contributed by atoms with E-state index in [9.17, 15) is 0 Å². The van der Waals surface area contributed by atoms with Gasteiger partial charge in [-0.3, -0.25) is 0 Å². The second kappa shape index (κ2) is 7.55. The highest BCUT2D eigenvalue weighted by atomic mass is 28.3. The van der Waals surface area contributed by atoms with Gasteiger partial charge in [0.1, 0.15) is 0 Å². The zero-order valence-corrected chi connectivity index (χ0v) is 18.5. The Morgan fingerprint density at radius 1 is 0.741 bits per heavy atom. The first-order chi connectivity index (χ1) is 12.8. The molecule has 1 aliphatic rings. The summed E-state index contributed by atoms with van der Waals surface area (Å²) in [4.78, 5) is 0. The van der Waals surface area contributed by atoms with E-state index in [1.165, 1.54) is 10.4 Å². The molecule has 1 heterocycles. The van der Waals surface area contributed by atoms with Gasteiger partial charge in [-0.25, -0.2) is 0 Å². The number of benzene rings is 2. The highest BCUT2D eigenvalue weighted by Gasteiger charge is 2.64. The number of hydrogen-bond acceptors (Lipinski definition) is 3. The summed E-state index contributed by atoms with van der Waals surface area (Å²) in [5.41, 5.74) is -0.709.